The van der Waals surface area contributed by atoms with Gasteiger partial charge in [-0.1, -0.05) is 26.7 Å². The Kier molecular flexibility index (Phi) is 8.52. The van der Waals surface area contributed by atoms with Crippen LogP contribution in [0.25, 0.3) is 0 Å². The van der Waals surface area contributed by atoms with Gasteiger partial charge in [-0.2, -0.15) is 0 Å². The first-order valence-electron chi connectivity index (χ1n) is 10.1. The van der Waals surface area contributed by atoms with Gasteiger partial charge in [0.1, 0.15) is 0 Å². The SMILES string of the molecule is CN=C(NCCCCC(C)C)N1CCN(CC(=O)N2CCCC2)CC1. The maximum absolute atomic E-state index is 12.3. The first-order chi connectivity index (χ1) is 12.1. The topological polar surface area (TPSA) is 51.2 Å². The molecule has 0 unspecified atom stereocenters. The van der Waals surface area contributed by atoms with E-state index in [1.807, 2.05) is 11.9 Å². The van der Waals surface area contributed by atoms with Gasteiger partial charge in [0.05, 0.1) is 6.54 Å². The smallest absolute Gasteiger partial charge is 0.236 e. The number of carbonyl (C=O) groups is 1. The molecule has 2 rings (SSSR count). The van der Waals surface area contributed by atoms with Crippen molar-refractivity contribution in [2.24, 2.45) is 10.9 Å². The molecule has 1 N–H and O–H groups in total. The normalized spacial score (nSPS) is 19.8. The number of hydrogen-bond acceptors (Lipinski definition) is 3. The van der Waals surface area contributed by atoms with Crippen molar-refractivity contribution in [2.45, 2.75) is 46.0 Å². The van der Waals surface area contributed by atoms with Crippen LogP contribution in [0.4, 0.5) is 0 Å². The van der Waals surface area contributed by atoms with Gasteiger partial charge in [-0.05, 0) is 25.2 Å². The molecule has 2 fully saturated rings. The van der Waals surface area contributed by atoms with E-state index >= 15 is 0 Å². The second-order valence-electron chi connectivity index (χ2n) is 7.71. The molecule has 0 bridgehead atoms. The lowest BCUT2D eigenvalue weighted by Crippen LogP contribution is -2.54. The van der Waals surface area contributed by atoms with Crippen LogP contribution in [-0.2, 0) is 4.79 Å². The van der Waals surface area contributed by atoms with Crippen molar-refractivity contribution in [3.63, 3.8) is 0 Å². The predicted octanol–water partition coefficient (Wildman–Crippen LogP) is 1.63. The maximum atomic E-state index is 12.3. The Bertz CT molecular complexity index is 424. The third kappa shape index (κ3) is 6.84. The Labute approximate surface area is 153 Å². The molecule has 0 aromatic heterocycles. The molecule has 0 atom stereocenters. The highest BCUT2D eigenvalue weighted by Gasteiger charge is 2.24. The van der Waals surface area contributed by atoms with Crippen molar-refractivity contribution in [1.82, 2.24) is 20.0 Å². The zero-order valence-corrected chi connectivity index (χ0v) is 16.5. The summed E-state index contributed by atoms with van der Waals surface area (Å²) in [4.78, 5) is 23.3. The van der Waals surface area contributed by atoms with E-state index in [0.29, 0.717) is 12.5 Å². The molecule has 0 saturated carbocycles. The number of nitrogens with zero attached hydrogens (tertiary/aromatic N) is 4. The molecule has 6 nitrogen and oxygen atoms in total. The van der Waals surface area contributed by atoms with E-state index in [1.165, 1.54) is 32.1 Å². The summed E-state index contributed by atoms with van der Waals surface area (Å²) >= 11 is 0. The van der Waals surface area contributed by atoms with Gasteiger partial charge < -0.3 is 15.1 Å². The number of aliphatic imine (C=N–C) groups is 1. The van der Waals surface area contributed by atoms with Crippen LogP contribution in [0.1, 0.15) is 46.0 Å². The Morgan fingerprint density at radius 1 is 1.00 bits per heavy atom. The molecule has 25 heavy (non-hydrogen) atoms. The number of piperazine rings is 1. The van der Waals surface area contributed by atoms with Crippen LogP contribution in [0.15, 0.2) is 4.99 Å². The number of rotatable bonds is 7. The van der Waals surface area contributed by atoms with Gasteiger partial charge in [0.2, 0.25) is 5.91 Å². The Balaban J connectivity index is 1.64. The van der Waals surface area contributed by atoms with E-state index in [0.717, 1.165) is 57.7 Å². The molecule has 0 radical (unpaired) electrons. The molecular formula is C19H37N5O. The fraction of sp³-hybridized carbons (Fsp3) is 0.895. The van der Waals surface area contributed by atoms with E-state index in [9.17, 15) is 4.79 Å². The van der Waals surface area contributed by atoms with Gasteiger partial charge in [0.15, 0.2) is 5.96 Å². The average Bonchev–Trinajstić information content (AvgIpc) is 3.13. The Hall–Kier alpha value is -1.30. The zero-order valence-electron chi connectivity index (χ0n) is 16.5. The van der Waals surface area contributed by atoms with Gasteiger partial charge in [0.25, 0.3) is 0 Å². The van der Waals surface area contributed by atoms with Crippen molar-refractivity contribution >= 4 is 11.9 Å². The summed E-state index contributed by atoms with van der Waals surface area (Å²) in [6, 6.07) is 0. The minimum Gasteiger partial charge on any atom is -0.356 e. The van der Waals surface area contributed by atoms with Crippen LogP contribution in [0.5, 0.6) is 0 Å². The number of unbranched alkanes of at least 4 members (excludes halogenated alkanes) is 1. The lowest BCUT2D eigenvalue weighted by molar-refractivity contribution is -0.131. The highest BCUT2D eigenvalue weighted by Crippen LogP contribution is 2.10. The molecule has 0 aliphatic carbocycles. The molecule has 0 aromatic rings. The van der Waals surface area contributed by atoms with Crippen LogP contribution >= 0.6 is 0 Å². The van der Waals surface area contributed by atoms with Crippen molar-refractivity contribution in [3.05, 3.63) is 0 Å². The molecule has 2 aliphatic heterocycles. The number of guanidine groups is 1. The first kappa shape index (κ1) is 20.0. The first-order valence-corrected chi connectivity index (χ1v) is 10.1. The lowest BCUT2D eigenvalue weighted by Gasteiger charge is -2.36. The Morgan fingerprint density at radius 2 is 1.68 bits per heavy atom. The van der Waals surface area contributed by atoms with E-state index < -0.39 is 0 Å². The van der Waals surface area contributed by atoms with E-state index in [2.05, 4.69) is 34.0 Å². The van der Waals surface area contributed by atoms with Gasteiger partial charge in [0, 0.05) is 52.9 Å². The van der Waals surface area contributed by atoms with Crippen LogP contribution in [0.3, 0.4) is 0 Å². The number of hydrogen-bond donors (Lipinski definition) is 1. The maximum Gasteiger partial charge on any atom is 0.236 e. The second-order valence-corrected chi connectivity index (χ2v) is 7.71. The molecule has 1 amide bonds. The van der Waals surface area contributed by atoms with E-state index in [1.54, 1.807) is 0 Å². The highest BCUT2D eigenvalue weighted by molar-refractivity contribution is 5.80. The zero-order chi connectivity index (χ0) is 18.1. The van der Waals surface area contributed by atoms with Gasteiger partial charge >= 0.3 is 0 Å². The van der Waals surface area contributed by atoms with Crippen molar-refractivity contribution in [3.8, 4) is 0 Å². The van der Waals surface area contributed by atoms with E-state index in [-0.39, 0.29) is 0 Å². The number of carbonyl (C=O) groups excluding carboxylic acids is 1. The molecule has 144 valence electrons. The largest absolute Gasteiger partial charge is 0.356 e. The lowest BCUT2D eigenvalue weighted by atomic mass is 10.1. The van der Waals surface area contributed by atoms with Crippen LogP contribution in [0, 0.1) is 5.92 Å². The third-order valence-electron chi connectivity index (χ3n) is 5.19. The quantitative estimate of drug-likeness (QED) is 0.430. The van der Waals surface area contributed by atoms with E-state index in [4.69, 9.17) is 0 Å². The highest BCUT2D eigenvalue weighted by atomic mass is 16.2. The van der Waals surface area contributed by atoms with Crippen LogP contribution in [-0.4, -0.2) is 86.0 Å². The van der Waals surface area contributed by atoms with Crippen LogP contribution < -0.4 is 5.32 Å². The van der Waals surface area contributed by atoms with Crippen LogP contribution in [0.2, 0.25) is 0 Å². The summed E-state index contributed by atoms with van der Waals surface area (Å²) in [5, 5.41) is 3.50. The minimum atomic E-state index is 0.304. The molecule has 0 aromatic carbocycles. The second kappa shape index (κ2) is 10.6. The summed E-state index contributed by atoms with van der Waals surface area (Å²) in [5.41, 5.74) is 0. The summed E-state index contributed by atoms with van der Waals surface area (Å²) in [7, 11) is 1.86. The standard InChI is InChI=1S/C19H37N5O/c1-17(2)8-4-5-9-21-19(20-3)24-14-12-22(13-15-24)16-18(25)23-10-6-7-11-23/h17H,4-16H2,1-3H3,(H,20,21). The van der Waals surface area contributed by atoms with Crippen molar-refractivity contribution in [1.29, 1.82) is 0 Å². The van der Waals surface area contributed by atoms with Gasteiger partial charge in [-0.25, -0.2) is 0 Å². The van der Waals surface area contributed by atoms with Crippen molar-refractivity contribution in [2.75, 3.05) is 59.4 Å². The molecule has 2 heterocycles. The molecular weight excluding hydrogens is 314 g/mol. The number of amides is 1. The van der Waals surface area contributed by atoms with Gasteiger partial charge in [-0.15, -0.1) is 0 Å². The summed E-state index contributed by atoms with van der Waals surface area (Å²) in [5.74, 6) is 2.10. The molecule has 2 saturated heterocycles. The summed E-state index contributed by atoms with van der Waals surface area (Å²) in [6.07, 6.45) is 6.09. The predicted molar refractivity (Wildman–Crippen MR) is 104 cm³/mol. The number of likely N-dealkylation sites (tertiary alicyclic amines) is 1. The molecule has 2 aliphatic rings. The monoisotopic (exact) mass is 351 g/mol. The van der Waals surface area contributed by atoms with Gasteiger partial charge in [-0.3, -0.25) is 14.7 Å². The number of nitrogens with one attached hydrogen (secondary N) is 1. The third-order valence-corrected chi connectivity index (χ3v) is 5.19. The van der Waals surface area contributed by atoms with Crippen molar-refractivity contribution < 1.29 is 4.79 Å². The average molecular weight is 352 g/mol. The molecule has 6 heteroatoms. The summed E-state index contributed by atoms with van der Waals surface area (Å²) in [6.45, 7) is 11.8. The minimum absolute atomic E-state index is 0.304. The molecule has 0 spiro atoms. The fourth-order valence-corrected chi connectivity index (χ4v) is 3.59. The Morgan fingerprint density at radius 3 is 2.28 bits per heavy atom. The summed E-state index contributed by atoms with van der Waals surface area (Å²) < 4.78 is 0. The fourth-order valence-electron chi connectivity index (χ4n) is 3.59.